The number of aliphatic imine (C=N–C) groups is 1. The van der Waals surface area contributed by atoms with Crippen molar-refractivity contribution in [3.8, 4) is 5.75 Å². The van der Waals surface area contributed by atoms with Crippen LogP contribution in [-0.4, -0.2) is 46.3 Å². The Hall–Kier alpha value is -3.07. The van der Waals surface area contributed by atoms with Gasteiger partial charge in [-0.3, -0.25) is 19.5 Å². The molecule has 1 saturated heterocycles. The van der Waals surface area contributed by atoms with Gasteiger partial charge in [0.2, 0.25) is 5.91 Å². The van der Waals surface area contributed by atoms with E-state index in [-0.39, 0.29) is 5.11 Å². The lowest BCUT2D eigenvalue weighted by atomic mass is 10.1. The van der Waals surface area contributed by atoms with Crippen molar-refractivity contribution in [3.63, 3.8) is 0 Å². The third-order valence-corrected chi connectivity index (χ3v) is 4.33. The summed E-state index contributed by atoms with van der Waals surface area (Å²) in [6, 6.07) is 6.99. The lowest BCUT2D eigenvalue weighted by Crippen LogP contribution is -2.58. The first kappa shape index (κ1) is 18.7. The Kier molecular flexibility index (Phi) is 5.92. The van der Waals surface area contributed by atoms with Gasteiger partial charge in [0, 0.05) is 31.7 Å². The number of aryl methyl sites for hydroxylation is 1. The van der Waals surface area contributed by atoms with E-state index in [1.165, 1.54) is 18.2 Å². The second-order valence-electron chi connectivity index (χ2n) is 5.83. The van der Waals surface area contributed by atoms with Crippen LogP contribution in [-0.2, 0) is 16.1 Å². The first-order valence-corrected chi connectivity index (χ1v) is 8.80. The van der Waals surface area contributed by atoms with Crippen molar-refractivity contribution in [2.75, 3.05) is 18.6 Å². The van der Waals surface area contributed by atoms with E-state index >= 15 is 0 Å². The topological polar surface area (TPSA) is 88.8 Å². The molecule has 2 heterocycles. The molecule has 0 saturated carbocycles. The summed E-state index contributed by atoms with van der Waals surface area (Å²) in [6.45, 7) is 1.26. The van der Waals surface area contributed by atoms with Crippen molar-refractivity contribution in [1.29, 1.82) is 0 Å². The predicted octanol–water partition coefficient (Wildman–Crippen LogP) is 1.42. The molecular weight excluding hydrogens is 366 g/mol. The van der Waals surface area contributed by atoms with Crippen LogP contribution in [0.1, 0.15) is 6.42 Å². The molecule has 0 aliphatic carbocycles. The van der Waals surface area contributed by atoms with Gasteiger partial charge in [-0.15, -0.1) is 0 Å². The maximum atomic E-state index is 12.9. The number of nitrogens with one attached hydrogen (secondary N) is 1. The van der Waals surface area contributed by atoms with E-state index < -0.39 is 17.7 Å². The molecule has 8 nitrogen and oxygen atoms in total. The SMILES string of the molecule is COc1ccccc1N1C(=O)[C@H](C=NCCCn2ccnc2)C(=O)NC1=S. The third kappa shape index (κ3) is 4.20. The summed E-state index contributed by atoms with van der Waals surface area (Å²) >= 11 is 5.19. The molecule has 1 aliphatic rings. The highest BCUT2D eigenvalue weighted by Gasteiger charge is 2.39. The Morgan fingerprint density at radius 3 is 2.93 bits per heavy atom. The molecule has 1 fully saturated rings. The van der Waals surface area contributed by atoms with Crippen LogP contribution in [0.25, 0.3) is 0 Å². The first-order valence-electron chi connectivity index (χ1n) is 8.39. The molecule has 2 aromatic rings. The molecule has 1 N–H and O–H groups in total. The van der Waals surface area contributed by atoms with E-state index in [1.54, 1.807) is 36.8 Å². The number of imidazole rings is 1. The second-order valence-corrected chi connectivity index (χ2v) is 6.21. The number of hydrogen-bond acceptors (Lipinski definition) is 6. The summed E-state index contributed by atoms with van der Waals surface area (Å²) in [5.74, 6) is -1.48. The van der Waals surface area contributed by atoms with Gasteiger partial charge in [-0.05, 0) is 30.8 Å². The highest BCUT2D eigenvalue weighted by Crippen LogP contribution is 2.30. The van der Waals surface area contributed by atoms with Gasteiger partial charge < -0.3 is 14.6 Å². The quantitative estimate of drug-likeness (QED) is 0.337. The first-order chi connectivity index (χ1) is 13.1. The summed E-state index contributed by atoms with van der Waals surface area (Å²) < 4.78 is 7.24. The summed E-state index contributed by atoms with van der Waals surface area (Å²) in [4.78, 5) is 34.6. The zero-order valence-electron chi connectivity index (χ0n) is 14.7. The number of carbonyl (C=O) groups is 2. The van der Waals surface area contributed by atoms with Crippen LogP contribution in [0.5, 0.6) is 5.75 Å². The molecule has 3 rings (SSSR count). The maximum absolute atomic E-state index is 12.9. The molecule has 2 amide bonds. The van der Waals surface area contributed by atoms with Gasteiger partial charge in [-0.1, -0.05) is 12.1 Å². The third-order valence-electron chi connectivity index (χ3n) is 4.05. The second kappa shape index (κ2) is 8.54. The minimum absolute atomic E-state index is 0.0271. The number of anilines is 1. The Morgan fingerprint density at radius 1 is 1.37 bits per heavy atom. The van der Waals surface area contributed by atoms with Gasteiger partial charge >= 0.3 is 0 Å². The Labute approximate surface area is 161 Å². The molecule has 0 unspecified atom stereocenters. The number of carbonyl (C=O) groups excluding carboxylic acids is 2. The molecule has 27 heavy (non-hydrogen) atoms. The fourth-order valence-corrected chi connectivity index (χ4v) is 3.00. The van der Waals surface area contributed by atoms with Crippen molar-refractivity contribution < 1.29 is 14.3 Å². The highest BCUT2D eigenvalue weighted by atomic mass is 32.1. The largest absolute Gasteiger partial charge is 0.495 e. The summed E-state index contributed by atoms with van der Waals surface area (Å²) in [6.07, 6.45) is 7.46. The monoisotopic (exact) mass is 385 g/mol. The average Bonchev–Trinajstić information content (AvgIpc) is 3.17. The number of methoxy groups -OCH3 is 1. The number of para-hydroxylation sites is 2. The van der Waals surface area contributed by atoms with E-state index in [0.717, 1.165) is 13.0 Å². The molecule has 0 bridgehead atoms. The van der Waals surface area contributed by atoms with Crippen molar-refractivity contribution in [3.05, 3.63) is 43.0 Å². The number of rotatable bonds is 7. The van der Waals surface area contributed by atoms with Crippen molar-refractivity contribution in [2.45, 2.75) is 13.0 Å². The number of amides is 2. The zero-order valence-corrected chi connectivity index (χ0v) is 15.6. The molecule has 1 atom stereocenters. The normalized spacial score (nSPS) is 17.4. The van der Waals surface area contributed by atoms with E-state index in [0.29, 0.717) is 18.0 Å². The Balaban J connectivity index is 1.69. The van der Waals surface area contributed by atoms with E-state index in [2.05, 4.69) is 15.3 Å². The molecule has 140 valence electrons. The van der Waals surface area contributed by atoms with E-state index in [4.69, 9.17) is 17.0 Å². The minimum atomic E-state index is -1.03. The summed E-state index contributed by atoms with van der Waals surface area (Å²) in [5.41, 5.74) is 0.480. The number of aromatic nitrogens is 2. The van der Waals surface area contributed by atoms with Gasteiger partial charge in [0.1, 0.15) is 5.75 Å². The van der Waals surface area contributed by atoms with E-state index in [1.807, 2.05) is 10.8 Å². The predicted molar refractivity (Wildman–Crippen MR) is 105 cm³/mol. The van der Waals surface area contributed by atoms with Crippen LogP contribution in [0.2, 0.25) is 0 Å². The Morgan fingerprint density at radius 2 is 2.19 bits per heavy atom. The number of thiocarbonyl (C=S) groups is 1. The van der Waals surface area contributed by atoms with Crippen molar-refractivity contribution in [2.24, 2.45) is 10.9 Å². The number of benzene rings is 1. The fraction of sp³-hybridized carbons (Fsp3) is 0.278. The number of hydrogen-bond donors (Lipinski definition) is 1. The van der Waals surface area contributed by atoms with Crippen molar-refractivity contribution in [1.82, 2.24) is 14.9 Å². The van der Waals surface area contributed by atoms with Crippen LogP contribution in [0.4, 0.5) is 5.69 Å². The number of nitrogens with zero attached hydrogens (tertiary/aromatic N) is 4. The standard InChI is InChI=1S/C18H19N5O3S/c1-26-15-6-3-2-5-14(15)23-17(25)13(16(24)21-18(23)27)11-19-7-4-9-22-10-8-20-12-22/h2-3,5-6,8,10-13H,4,7,9H2,1H3,(H,21,24,27)/t13-/m1/s1. The lowest BCUT2D eigenvalue weighted by Gasteiger charge is -2.31. The van der Waals surface area contributed by atoms with Gasteiger partial charge in [0.05, 0.1) is 19.1 Å². The number of ether oxygens (including phenoxy) is 1. The molecule has 1 aromatic heterocycles. The molecular formula is C18H19N5O3S. The van der Waals surface area contributed by atoms with E-state index in [9.17, 15) is 9.59 Å². The lowest BCUT2D eigenvalue weighted by molar-refractivity contribution is -0.130. The highest BCUT2D eigenvalue weighted by molar-refractivity contribution is 7.80. The average molecular weight is 385 g/mol. The van der Waals surface area contributed by atoms with Crippen LogP contribution in [0.15, 0.2) is 48.0 Å². The molecule has 0 spiro atoms. The fourth-order valence-electron chi connectivity index (χ4n) is 2.71. The van der Waals surface area contributed by atoms with Gasteiger partial charge in [0.15, 0.2) is 11.0 Å². The summed E-state index contributed by atoms with van der Waals surface area (Å²) in [7, 11) is 1.51. The zero-order chi connectivity index (χ0) is 19.2. The Bertz CT molecular complexity index is 866. The van der Waals surface area contributed by atoms with Gasteiger partial charge in [-0.25, -0.2) is 4.98 Å². The van der Waals surface area contributed by atoms with Crippen LogP contribution in [0, 0.1) is 5.92 Å². The molecule has 0 radical (unpaired) electrons. The van der Waals surface area contributed by atoms with Gasteiger partial charge in [0.25, 0.3) is 5.91 Å². The molecule has 1 aliphatic heterocycles. The smallest absolute Gasteiger partial charge is 0.251 e. The van der Waals surface area contributed by atoms with Crippen LogP contribution < -0.4 is 15.0 Å². The van der Waals surface area contributed by atoms with Crippen LogP contribution in [0.3, 0.4) is 0 Å². The maximum Gasteiger partial charge on any atom is 0.251 e. The minimum Gasteiger partial charge on any atom is -0.495 e. The molecule has 1 aromatic carbocycles. The molecule has 9 heteroatoms. The van der Waals surface area contributed by atoms with Crippen molar-refractivity contribution >= 4 is 41.0 Å². The van der Waals surface area contributed by atoms with Gasteiger partial charge in [-0.2, -0.15) is 0 Å². The summed E-state index contributed by atoms with van der Waals surface area (Å²) in [5, 5.41) is 2.59. The van der Waals surface area contributed by atoms with Crippen LogP contribution >= 0.6 is 12.2 Å².